The third-order valence-electron chi connectivity index (χ3n) is 3.87. The van der Waals surface area contributed by atoms with Gasteiger partial charge in [-0.05, 0) is 24.6 Å². The first-order valence-corrected chi connectivity index (χ1v) is 7.44. The maximum Gasteiger partial charge on any atom is 0.134 e. The molecule has 21 heavy (non-hydrogen) atoms. The van der Waals surface area contributed by atoms with Gasteiger partial charge in [0.15, 0.2) is 0 Å². The Bertz CT molecular complexity index is 577. The topological polar surface area (TPSA) is 51.6 Å². The molecule has 0 spiro atoms. The van der Waals surface area contributed by atoms with Gasteiger partial charge in [0, 0.05) is 31.7 Å². The predicted molar refractivity (Wildman–Crippen MR) is 83.0 cm³/mol. The first-order valence-electron chi connectivity index (χ1n) is 7.44. The SMILES string of the molecule is Cc1ccc(-c2ccc(CN3CCOC(CN)C3)cc2)o1. The van der Waals surface area contributed by atoms with Crippen LogP contribution in [0.5, 0.6) is 0 Å². The first-order chi connectivity index (χ1) is 10.2. The van der Waals surface area contributed by atoms with Crippen molar-refractivity contribution in [1.29, 1.82) is 0 Å². The third-order valence-corrected chi connectivity index (χ3v) is 3.87. The van der Waals surface area contributed by atoms with Crippen molar-refractivity contribution in [1.82, 2.24) is 4.90 Å². The van der Waals surface area contributed by atoms with Crippen LogP contribution in [0.2, 0.25) is 0 Å². The molecule has 1 aliphatic heterocycles. The maximum absolute atomic E-state index is 5.68. The summed E-state index contributed by atoms with van der Waals surface area (Å²) in [4.78, 5) is 2.40. The van der Waals surface area contributed by atoms with Crippen LogP contribution in [0.1, 0.15) is 11.3 Å². The van der Waals surface area contributed by atoms with Crippen LogP contribution in [0.25, 0.3) is 11.3 Å². The Hall–Kier alpha value is -1.62. The van der Waals surface area contributed by atoms with Crippen LogP contribution in [0.3, 0.4) is 0 Å². The van der Waals surface area contributed by atoms with Gasteiger partial charge in [-0.3, -0.25) is 4.90 Å². The summed E-state index contributed by atoms with van der Waals surface area (Å²) in [6, 6.07) is 12.6. The van der Waals surface area contributed by atoms with Gasteiger partial charge in [-0.25, -0.2) is 0 Å². The van der Waals surface area contributed by atoms with Crippen molar-refractivity contribution in [3.8, 4) is 11.3 Å². The van der Waals surface area contributed by atoms with Crippen LogP contribution >= 0.6 is 0 Å². The Morgan fingerprint density at radius 2 is 2.00 bits per heavy atom. The van der Waals surface area contributed by atoms with Gasteiger partial charge in [-0.2, -0.15) is 0 Å². The van der Waals surface area contributed by atoms with E-state index in [1.54, 1.807) is 0 Å². The number of aryl methyl sites for hydroxylation is 1. The Morgan fingerprint density at radius 3 is 2.67 bits per heavy atom. The van der Waals surface area contributed by atoms with E-state index >= 15 is 0 Å². The van der Waals surface area contributed by atoms with Crippen molar-refractivity contribution in [3.63, 3.8) is 0 Å². The normalized spacial score (nSPS) is 19.8. The van der Waals surface area contributed by atoms with E-state index in [2.05, 4.69) is 29.2 Å². The lowest BCUT2D eigenvalue weighted by Crippen LogP contribution is -2.45. The molecule has 0 saturated carbocycles. The van der Waals surface area contributed by atoms with Crippen molar-refractivity contribution in [2.45, 2.75) is 19.6 Å². The number of nitrogens with zero attached hydrogens (tertiary/aromatic N) is 1. The van der Waals surface area contributed by atoms with Gasteiger partial charge in [0.1, 0.15) is 11.5 Å². The second-order valence-electron chi connectivity index (χ2n) is 5.57. The average molecular weight is 286 g/mol. The summed E-state index contributed by atoms with van der Waals surface area (Å²) in [6.07, 6.45) is 0.170. The summed E-state index contributed by atoms with van der Waals surface area (Å²) in [5.41, 5.74) is 8.11. The van der Waals surface area contributed by atoms with Crippen LogP contribution in [0, 0.1) is 6.92 Å². The predicted octanol–water partition coefficient (Wildman–Crippen LogP) is 2.41. The van der Waals surface area contributed by atoms with Crippen molar-refractivity contribution in [2.24, 2.45) is 5.73 Å². The number of morpholine rings is 1. The molecule has 1 aromatic carbocycles. The number of rotatable bonds is 4. The van der Waals surface area contributed by atoms with E-state index < -0.39 is 0 Å². The molecule has 0 amide bonds. The fraction of sp³-hybridized carbons (Fsp3) is 0.412. The summed E-state index contributed by atoms with van der Waals surface area (Å²) < 4.78 is 11.2. The van der Waals surface area contributed by atoms with Crippen LogP contribution in [-0.2, 0) is 11.3 Å². The van der Waals surface area contributed by atoms with Crippen LogP contribution in [-0.4, -0.2) is 37.2 Å². The molecule has 1 unspecified atom stereocenters. The molecule has 2 aromatic rings. The summed E-state index contributed by atoms with van der Waals surface area (Å²) >= 11 is 0. The fourth-order valence-electron chi connectivity index (χ4n) is 2.69. The lowest BCUT2D eigenvalue weighted by atomic mass is 10.1. The van der Waals surface area contributed by atoms with E-state index in [4.69, 9.17) is 14.9 Å². The number of benzene rings is 1. The van der Waals surface area contributed by atoms with E-state index in [0.717, 1.165) is 43.3 Å². The number of furan rings is 1. The second-order valence-corrected chi connectivity index (χ2v) is 5.57. The first kappa shape index (κ1) is 14.3. The fourth-order valence-corrected chi connectivity index (χ4v) is 2.69. The van der Waals surface area contributed by atoms with Crippen molar-refractivity contribution in [3.05, 3.63) is 47.7 Å². The lowest BCUT2D eigenvalue weighted by molar-refractivity contribution is -0.0260. The van der Waals surface area contributed by atoms with Crippen LogP contribution < -0.4 is 5.73 Å². The second kappa shape index (κ2) is 6.43. The molecule has 1 saturated heterocycles. The van der Waals surface area contributed by atoms with E-state index in [-0.39, 0.29) is 6.10 Å². The van der Waals surface area contributed by atoms with Crippen LogP contribution in [0.15, 0.2) is 40.8 Å². The van der Waals surface area contributed by atoms with E-state index in [1.807, 2.05) is 19.1 Å². The molecule has 4 heteroatoms. The third kappa shape index (κ3) is 3.53. The molecule has 3 rings (SSSR count). The molecule has 1 atom stereocenters. The number of hydrogen-bond donors (Lipinski definition) is 1. The highest BCUT2D eigenvalue weighted by molar-refractivity contribution is 5.57. The minimum Gasteiger partial charge on any atom is -0.461 e. The lowest BCUT2D eigenvalue weighted by Gasteiger charge is -2.32. The van der Waals surface area contributed by atoms with Gasteiger partial charge in [0.05, 0.1) is 12.7 Å². The zero-order chi connectivity index (χ0) is 14.7. The van der Waals surface area contributed by atoms with Gasteiger partial charge in [-0.15, -0.1) is 0 Å². The van der Waals surface area contributed by atoms with E-state index in [9.17, 15) is 0 Å². The molecule has 0 aliphatic carbocycles. The summed E-state index contributed by atoms with van der Waals surface area (Å²) in [7, 11) is 0. The summed E-state index contributed by atoms with van der Waals surface area (Å²) in [5.74, 6) is 1.86. The summed E-state index contributed by atoms with van der Waals surface area (Å²) in [5, 5.41) is 0. The Labute approximate surface area is 125 Å². The monoisotopic (exact) mass is 286 g/mol. The molecule has 4 nitrogen and oxygen atoms in total. The zero-order valence-electron chi connectivity index (χ0n) is 12.4. The number of nitrogens with two attached hydrogens (primary N) is 1. The quantitative estimate of drug-likeness (QED) is 0.938. The molecule has 112 valence electrons. The van der Waals surface area contributed by atoms with Gasteiger partial charge in [0.25, 0.3) is 0 Å². The molecule has 1 fully saturated rings. The highest BCUT2D eigenvalue weighted by Crippen LogP contribution is 2.22. The molecular weight excluding hydrogens is 264 g/mol. The minimum atomic E-state index is 0.170. The van der Waals surface area contributed by atoms with Crippen molar-refractivity contribution < 1.29 is 9.15 Å². The van der Waals surface area contributed by atoms with Crippen LogP contribution in [0.4, 0.5) is 0 Å². The molecule has 0 radical (unpaired) electrons. The number of ether oxygens (including phenoxy) is 1. The van der Waals surface area contributed by atoms with E-state index in [0.29, 0.717) is 6.54 Å². The highest BCUT2D eigenvalue weighted by atomic mass is 16.5. The smallest absolute Gasteiger partial charge is 0.134 e. The van der Waals surface area contributed by atoms with Gasteiger partial charge in [0.2, 0.25) is 0 Å². The molecular formula is C17H22N2O2. The Balaban J connectivity index is 1.64. The van der Waals surface area contributed by atoms with Gasteiger partial charge < -0.3 is 14.9 Å². The van der Waals surface area contributed by atoms with Gasteiger partial charge >= 0.3 is 0 Å². The molecule has 0 bridgehead atoms. The Morgan fingerprint density at radius 1 is 1.19 bits per heavy atom. The standard InChI is InChI=1S/C17H22N2O2/c1-13-2-7-17(21-13)15-5-3-14(4-6-15)11-19-8-9-20-16(10-18)12-19/h2-7,16H,8-12,18H2,1H3. The maximum atomic E-state index is 5.68. The van der Waals surface area contributed by atoms with Crippen molar-refractivity contribution >= 4 is 0 Å². The highest BCUT2D eigenvalue weighted by Gasteiger charge is 2.19. The largest absolute Gasteiger partial charge is 0.461 e. The number of hydrogen-bond acceptors (Lipinski definition) is 4. The molecule has 1 aliphatic rings. The zero-order valence-corrected chi connectivity index (χ0v) is 12.4. The Kier molecular flexibility index (Phi) is 4.39. The van der Waals surface area contributed by atoms with Gasteiger partial charge in [-0.1, -0.05) is 24.3 Å². The minimum absolute atomic E-state index is 0.170. The van der Waals surface area contributed by atoms with E-state index in [1.165, 1.54) is 5.56 Å². The summed E-state index contributed by atoms with van der Waals surface area (Å²) in [6.45, 7) is 6.14. The molecule has 1 aromatic heterocycles. The average Bonchev–Trinajstić information content (AvgIpc) is 2.95. The van der Waals surface area contributed by atoms with Crippen molar-refractivity contribution in [2.75, 3.05) is 26.2 Å². The molecule has 2 heterocycles. The molecule has 2 N–H and O–H groups in total.